The van der Waals surface area contributed by atoms with Crippen molar-refractivity contribution in [2.45, 2.75) is 145 Å². The lowest BCUT2D eigenvalue weighted by Gasteiger charge is -2.34. The van der Waals surface area contributed by atoms with Crippen LogP contribution in [0.1, 0.15) is 95.9 Å². The third-order valence-corrected chi connectivity index (χ3v) is 17.6. The van der Waals surface area contributed by atoms with Gasteiger partial charge in [0.2, 0.25) is 0 Å². The van der Waals surface area contributed by atoms with Crippen LogP contribution in [0.15, 0.2) is 0 Å². The Morgan fingerprint density at radius 3 is 0.833 bits per heavy atom. The molecular weight excluding hydrogens is 569 g/mol. The van der Waals surface area contributed by atoms with Crippen LogP contribution in [0.2, 0.25) is 12.1 Å². The standard InChI is InChI=1S/C24H54O6S4Si2/c1-19(2)25-35(26-20(3)4,27-21(5)6)17-13-15-31-33-34-32-16-14-18-36(28-22(7)8,29-23(9)10)30-24(11)12/h19-24H,13-18H2,1-12H3. The predicted octanol–water partition coefficient (Wildman–Crippen LogP) is 8.87. The van der Waals surface area contributed by atoms with Crippen molar-refractivity contribution in [3.8, 4) is 0 Å². The van der Waals surface area contributed by atoms with Gasteiger partial charge in [0.25, 0.3) is 0 Å². The smallest absolute Gasteiger partial charge is 0.371 e. The van der Waals surface area contributed by atoms with E-state index in [9.17, 15) is 0 Å². The van der Waals surface area contributed by atoms with Crippen molar-refractivity contribution >= 4 is 58.8 Å². The lowest BCUT2D eigenvalue weighted by Crippen LogP contribution is -2.50. The van der Waals surface area contributed by atoms with Gasteiger partial charge in [0.1, 0.15) is 0 Å². The minimum absolute atomic E-state index is 0.0905. The number of hydrogen-bond acceptors (Lipinski definition) is 10. The molecule has 0 amide bonds. The Kier molecular flexibility index (Phi) is 21.4. The molecule has 0 N–H and O–H groups in total. The molecule has 218 valence electrons. The van der Waals surface area contributed by atoms with Gasteiger partial charge < -0.3 is 26.6 Å². The second kappa shape index (κ2) is 20.5. The molecule has 0 aliphatic rings. The van der Waals surface area contributed by atoms with Crippen LogP contribution in [0, 0.1) is 0 Å². The molecular formula is C24H54O6S4Si2. The highest BCUT2D eigenvalue weighted by molar-refractivity contribution is 9.26. The van der Waals surface area contributed by atoms with Gasteiger partial charge in [0.05, 0.1) is 0 Å². The average molecular weight is 623 g/mol. The predicted molar refractivity (Wildman–Crippen MR) is 168 cm³/mol. The van der Waals surface area contributed by atoms with Gasteiger partial charge in [-0.25, -0.2) is 0 Å². The maximum absolute atomic E-state index is 6.27. The summed E-state index contributed by atoms with van der Waals surface area (Å²) in [7, 11) is 2.08. The molecule has 0 radical (unpaired) electrons. The minimum atomic E-state index is -2.69. The normalized spacial score (nSPS) is 13.5. The van der Waals surface area contributed by atoms with Gasteiger partial charge in [-0.3, -0.25) is 0 Å². The van der Waals surface area contributed by atoms with Crippen molar-refractivity contribution in [3.05, 3.63) is 0 Å². The van der Waals surface area contributed by atoms with E-state index in [1.165, 1.54) is 0 Å². The van der Waals surface area contributed by atoms with Crippen LogP contribution >= 0.6 is 41.2 Å². The molecule has 0 saturated carbocycles. The summed E-state index contributed by atoms with van der Waals surface area (Å²) in [6, 6.07) is 1.70. The molecule has 0 fully saturated rings. The van der Waals surface area contributed by atoms with Crippen molar-refractivity contribution in [3.63, 3.8) is 0 Å². The zero-order valence-electron chi connectivity index (χ0n) is 24.8. The molecule has 0 aliphatic heterocycles. The topological polar surface area (TPSA) is 55.4 Å². The van der Waals surface area contributed by atoms with E-state index in [-0.39, 0.29) is 36.6 Å². The number of hydrogen-bond donors (Lipinski definition) is 0. The van der Waals surface area contributed by atoms with Crippen LogP contribution in [-0.2, 0) is 26.6 Å². The Bertz CT molecular complexity index is 444. The lowest BCUT2D eigenvalue weighted by atomic mass is 10.5. The summed E-state index contributed by atoms with van der Waals surface area (Å²) in [4.78, 5) is 0. The second-order valence-corrected chi connectivity index (χ2v) is 21.7. The van der Waals surface area contributed by atoms with E-state index in [4.69, 9.17) is 26.6 Å². The Hall–Kier alpha value is 1.59. The van der Waals surface area contributed by atoms with Crippen LogP contribution < -0.4 is 0 Å². The molecule has 0 aliphatic carbocycles. The highest BCUT2D eigenvalue weighted by Crippen LogP contribution is 2.44. The molecule has 0 spiro atoms. The molecule has 36 heavy (non-hydrogen) atoms. The summed E-state index contributed by atoms with van der Waals surface area (Å²) in [6.07, 6.45) is 2.57. The van der Waals surface area contributed by atoms with Crippen molar-refractivity contribution in [1.29, 1.82) is 0 Å². The van der Waals surface area contributed by atoms with E-state index >= 15 is 0 Å². The van der Waals surface area contributed by atoms with E-state index in [0.29, 0.717) is 0 Å². The van der Waals surface area contributed by atoms with Crippen LogP contribution in [0.25, 0.3) is 0 Å². The van der Waals surface area contributed by atoms with E-state index in [0.717, 1.165) is 36.4 Å². The Balaban J connectivity index is 4.45. The Morgan fingerprint density at radius 1 is 0.417 bits per heavy atom. The molecule has 0 atom stereocenters. The maximum Gasteiger partial charge on any atom is 0.501 e. The Labute approximate surface area is 240 Å². The number of rotatable bonds is 23. The molecule has 0 aromatic heterocycles. The zero-order valence-corrected chi connectivity index (χ0v) is 30.1. The quantitative estimate of drug-likeness (QED) is 0.0627. The molecule has 0 heterocycles. The molecule has 12 heteroatoms. The minimum Gasteiger partial charge on any atom is -0.371 e. The third kappa shape index (κ3) is 19.6. The van der Waals surface area contributed by atoms with Gasteiger partial charge in [-0.15, -0.1) is 0 Å². The third-order valence-electron chi connectivity index (χ3n) is 4.04. The molecule has 0 unspecified atom stereocenters. The van der Waals surface area contributed by atoms with E-state index in [1.54, 1.807) is 0 Å². The SMILES string of the molecule is CC(C)O[Si](CCCSSSSCCC[Si](OC(C)C)(OC(C)C)OC(C)C)(OC(C)C)OC(C)C. The highest BCUT2D eigenvalue weighted by atomic mass is 33.7. The van der Waals surface area contributed by atoms with Gasteiger partial charge in [-0.1, -0.05) is 21.6 Å². The van der Waals surface area contributed by atoms with Gasteiger partial charge in [0.15, 0.2) is 0 Å². The summed E-state index contributed by atoms with van der Waals surface area (Å²) in [5.41, 5.74) is 0. The van der Waals surface area contributed by atoms with Crippen LogP contribution in [0.4, 0.5) is 0 Å². The first kappa shape index (κ1) is 37.6. The molecule has 0 bridgehead atoms. The monoisotopic (exact) mass is 622 g/mol. The first-order chi connectivity index (χ1) is 16.7. The van der Waals surface area contributed by atoms with E-state index < -0.39 is 17.6 Å². The van der Waals surface area contributed by atoms with Crippen molar-refractivity contribution in [2.75, 3.05) is 11.5 Å². The molecule has 0 saturated heterocycles. The van der Waals surface area contributed by atoms with Crippen LogP contribution in [-0.4, -0.2) is 65.7 Å². The average Bonchev–Trinajstić information content (AvgIpc) is 2.65. The van der Waals surface area contributed by atoms with E-state index in [2.05, 4.69) is 83.1 Å². The fourth-order valence-corrected chi connectivity index (χ4v) is 16.7. The van der Waals surface area contributed by atoms with Gasteiger partial charge >= 0.3 is 17.6 Å². The van der Waals surface area contributed by atoms with Crippen molar-refractivity contribution < 1.29 is 26.6 Å². The molecule has 0 rings (SSSR count). The summed E-state index contributed by atoms with van der Waals surface area (Å²) in [5.74, 6) is 2.08. The summed E-state index contributed by atoms with van der Waals surface area (Å²) in [5, 5.41) is 0. The van der Waals surface area contributed by atoms with Crippen molar-refractivity contribution in [2.24, 2.45) is 0 Å². The largest absolute Gasteiger partial charge is 0.501 e. The Morgan fingerprint density at radius 2 is 0.639 bits per heavy atom. The fourth-order valence-electron chi connectivity index (χ4n) is 3.48. The van der Waals surface area contributed by atoms with Gasteiger partial charge in [-0.05, 0) is 116 Å². The van der Waals surface area contributed by atoms with E-state index in [1.807, 2.05) is 41.2 Å². The van der Waals surface area contributed by atoms with Crippen LogP contribution in [0.3, 0.4) is 0 Å². The van der Waals surface area contributed by atoms with Gasteiger partial charge in [0, 0.05) is 60.2 Å². The van der Waals surface area contributed by atoms with Crippen molar-refractivity contribution in [1.82, 2.24) is 0 Å². The first-order valence-corrected chi connectivity index (χ1v) is 22.4. The summed E-state index contributed by atoms with van der Waals surface area (Å²) >= 11 is 0. The summed E-state index contributed by atoms with van der Waals surface area (Å²) < 4.78 is 37.6. The molecule has 0 aromatic rings. The fraction of sp³-hybridized carbons (Fsp3) is 1.00. The second-order valence-electron chi connectivity index (χ2n) is 10.4. The van der Waals surface area contributed by atoms with Gasteiger partial charge in [-0.2, -0.15) is 0 Å². The molecule has 0 aromatic carbocycles. The zero-order chi connectivity index (χ0) is 27.8. The summed E-state index contributed by atoms with van der Waals surface area (Å²) in [6.45, 7) is 24.7. The maximum atomic E-state index is 6.27. The molecule has 6 nitrogen and oxygen atoms in total. The lowest BCUT2D eigenvalue weighted by molar-refractivity contribution is 0.00201. The van der Waals surface area contributed by atoms with Crippen LogP contribution in [0.5, 0.6) is 0 Å². The highest BCUT2D eigenvalue weighted by Gasteiger charge is 2.44. The first-order valence-electron chi connectivity index (χ1n) is 13.4.